The molecule has 0 unspecified atom stereocenters. The summed E-state index contributed by atoms with van der Waals surface area (Å²) < 4.78 is 0. The van der Waals surface area contributed by atoms with E-state index in [0.29, 0.717) is 35.4 Å². The van der Waals surface area contributed by atoms with Gasteiger partial charge in [-0.05, 0) is 81.4 Å². The lowest BCUT2D eigenvalue weighted by molar-refractivity contribution is -0.144. The van der Waals surface area contributed by atoms with Crippen molar-refractivity contribution in [3.05, 3.63) is 28.8 Å². The fourth-order valence-electron chi connectivity index (χ4n) is 6.30. The molecule has 3 amide bonds. The quantitative estimate of drug-likeness (QED) is 0.754. The zero-order chi connectivity index (χ0) is 20.3. The first-order valence-corrected chi connectivity index (χ1v) is 11.3. The predicted octanol–water partition coefficient (Wildman–Crippen LogP) is 4.18. The highest BCUT2D eigenvalue weighted by Crippen LogP contribution is 2.56. The first-order valence-electron chi connectivity index (χ1n) is 10.9. The molecule has 3 aliphatic carbocycles. The van der Waals surface area contributed by atoms with Crippen LogP contribution < -0.4 is 5.32 Å². The summed E-state index contributed by atoms with van der Waals surface area (Å²) in [5, 5.41) is 3.60. The minimum Gasteiger partial charge on any atom is -0.326 e. The Labute approximate surface area is 176 Å². The lowest BCUT2D eigenvalue weighted by Crippen LogP contribution is -2.44. The van der Waals surface area contributed by atoms with Gasteiger partial charge in [0.05, 0.1) is 11.8 Å². The summed E-state index contributed by atoms with van der Waals surface area (Å²) >= 11 is 6.15. The molecule has 1 aliphatic heterocycles. The van der Waals surface area contributed by atoms with Crippen LogP contribution in [0, 0.1) is 36.5 Å². The van der Waals surface area contributed by atoms with E-state index in [1.165, 1.54) is 0 Å². The Kier molecular flexibility index (Phi) is 4.69. The number of halogens is 1. The lowest BCUT2D eigenvalue weighted by atomic mass is 9.81. The molecular formula is C23H27ClN2O3. The van der Waals surface area contributed by atoms with E-state index in [2.05, 4.69) is 5.32 Å². The van der Waals surface area contributed by atoms with Gasteiger partial charge < -0.3 is 5.32 Å². The normalized spacial score (nSPS) is 35.9. The number of fused-ring (bicyclic) bond motifs is 5. The van der Waals surface area contributed by atoms with Gasteiger partial charge in [-0.3, -0.25) is 19.3 Å². The molecule has 1 aromatic carbocycles. The number of nitrogens with one attached hydrogen (secondary N) is 1. The van der Waals surface area contributed by atoms with E-state index in [0.717, 1.165) is 37.7 Å². The second-order valence-corrected chi connectivity index (χ2v) is 9.80. The number of carbonyl (C=O) groups is 3. The Balaban J connectivity index is 1.20. The molecule has 5 nitrogen and oxygen atoms in total. The maximum absolute atomic E-state index is 13.0. The number of nitrogens with zero attached hydrogens (tertiary/aromatic N) is 1. The first-order chi connectivity index (χ1) is 13.9. The van der Waals surface area contributed by atoms with Gasteiger partial charge in [0, 0.05) is 22.7 Å². The number of hydrogen-bond acceptors (Lipinski definition) is 3. The summed E-state index contributed by atoms with van der Waals surface area (Å²) in [7, 11) is 0. The van der Waals surface area contributed by atoms with Crippen molar-refractivity contribution in [3.8, 4) is 0 Å². The van der Waals surface area contributed by atoms with Crippen molar-refractivity contribution >= 4 is 35.0 Å². The average Bonchev–Trinajstić information content (AvgIpc) is 3.39. The number of rotatable bonds is 3. The molecule has 1 N–H and O–H groups in total. The molecule has 154 valence electrons. The number of carbonyl (C=O) groups excluding carboxylic acids is 3. The van der Waals surface area contributed by atoms with Crippen molar-refractivity contribution in [1.29, 1.82) is 0 Å². The fourth-order valence-corrected chi connectivity index (χ4v) is 6.48. The van der Waals surface area contributed by atoms with E-state index in [-0.39, 0.29) is 41.5 Å². The second kappa shape index (κ2) is 7.12. The molecule has 0 aromatic heterocycles. The van der Waals surface area contributed by atoms with E-state index in [4.69, 9.17) is 11.6 Å². The Morgan fingerprint density at radius 2 is 1.62 bits per heavy atom. The first kappa shape index (κ1) is 19.1. The monoisotopic (exact) mass is 414 g/mol. The molecular weight excluding hydrogens is 388 g/mol. The zero-order valence-corrected chi connectivity index (χ0v) is 17.5. The molecule has 0 radical (unpaired) electrons. The van der Waals surface area contributed by atoms with Crippen LogP contribution in [0.4, 0.5) is 5.69 Å². The largest absolute Gasteiger partial charge is 0.326 e. The van der Waals surface area contributed by atoms with Gasteiger partial charge in [0.1, 0.15) is 0 Å². The number of benzene rings is 1. The van der Waals surface area contributed by atoms with Crippen LogP contribution in [0.15, 0.2) is 18.2 Å². The van der Waals surface area contributed by atoms with Gasteiger partial charge in [0.2, 0.25) is 17.7 Å². The Morgan fingerprint density at radius 1 is 1.00 bits per heavy atom. The number of anilines is 1. The predicted molar refractivity (Wildman–Crippen MR) is 110 cm³/mol. The molecule has 1 saturated heterocycles. The van der Waals surface area contributed by atoms with Gasteiger partial charge in [-0.25, -0.2) is 0 Å². The van der Waals surface area contributed by atoms with Crippen molar-refractivity contribution in [2.24, 2.45) is 29.6 Å². The summed E-state index contributed by atoms with van der Waals surface area (Å²) in [5.74, 6) is 0.822. The van der Waals surface area contributed by atoms with Crippen molar-refractivity contribution in [1.82, 2.24) is 4.90 Å². The molecule has 4 fully saturated rings. The molecule has 3 saturated carbocycles. The summed E-state index contributed by atoms with van der Waals surface area (Å²) in [4.78, 5) is 40.3. The minimum absolute atomic E-state index is 0.00245. The van der Waals surface area contributed by atoms with Crippen LogP contribution in [0.3, 0.4) is 0 Å². The number of aryl methyl sites for hydroxylation is 1. The van der Waals surface area contributed by atoms with Gasteiger partial charge in [-0.2, -0.15) is 0 Å². The molecule has 29 heavy (non-hydrogen) atoms. The van der Waals surface area contributed by atoms with Crippen LogP contribution in [0.25, 0.3) is 0 Å². The van der Waals surface area contributed by atoms with Crippen LogP contribution in [0.1, 0.15) is 50.5 Å². The summed E-state index contributed by atoms with van der Waals surface area (Å²) in [6, 6.07) is 5.50. The molecule has 6 heteroatoms. The Hall–Kier alpha value is -1.88. The highest BCUT2D eigenvalue weighted by molar-refractivity contribution is 6.31. The van der Waals surface area contributed by atoms with E-state index >= 15 is 0 Å². The van der Waals surface area contributed by atoms with Crippen molar-refractivity contribution < 1.29 is 14.4 Å². The number of hydrogen-bond donors (Lipinski definition) is 1. The zero-order valence-electron chi connectivity index (χ0n) is 16.7. The SMILES string of the molecule is Cc1ccc(NC(=O)C2CCC(N3C(=O)[C@@H]4[C@@H]5CC[C@@H](C5)[C@@H]4C3=O)CC2)cc1Cl. The Bertz CT molecular complexity index is 849. The van der Waals surface area contributed by atoms with Crippen LogP contribution in [-0.4, -0.2) is 28.7 Å². The topological polar surface area (TPSA) is 66.5 Å². The van der Waals surface area contributed by atoms with Crippen LogP contribution >= 0.6 is 11.6 Å². The average molecular weight is 415 g/mol. The Morgan fingerprint density at radius 3 is 2.21 bits per heavy atom. The maximum atomic E-state index is 13.0. The second-order valence-electron chi connectivity index (χ2n) is 9.39. The smallest absolute Gasteiger partial charge is 0.233 e. The van der Waals surface area contributed by atoms with Crippen LogP contribution in [-0.2, 0) is 14.4 Å². The highest BCUT2D eigenvalue weighted by atomic mass is 35.5. The third-order valence-corrected chi connectivity index (χ3v) is 8.24. The molecule has 4 aliphatic rings. The van der Waals surface area contributed by atoms with Gasteiger partial charge >= 0.3 is 0 Å². The van der Waals surface area contributed by atoms with Crippen LogP contribution in [0.2, 0.25) is 5.02 Å². The number of amides is 3. The van der Waals surface area contributed by atoms with E-state index in [1.807, 2.05) is 19.1 Å². The molecule has 4 atom stereocenters. The lowest BCUT2D eigenvalue weighted by Gasteiger charge is -2.33. The van der Waals surface area contributed by atoms with E-state index in [9.17, 15) is 14.4 Å². The third-order valence-electron chi connectivity index (χ3n) is 7.83. The third kappa shape index (κ3) is 3.09. The number of likely N-dealkylation sites (tertiary alicyclic amines) is 1. The van der Waals surface area contributed by atoms with Gasteiger partial charge in [0.15, 0.2) is 0 Å². The van der Waals surface area contributed by atoms with Gasteiger partial charge in [-0.1, -0.05) is 17.7 Å². The minimum atomic E-state index is -0.0881. The van der Waals surface area contributed by atoms with Crippen molar-refractivity contribution in [2.75, 3.05) is 5.32 Å². The molecule has 1 heterocycles. The van der Waals surface area contributed by atoms with Crippen molar-refractivity contribution in [2.45, 2.75) is 57.9 Å². The number of imide groups is 1. The summed E-state index contributed by atoms with van der Waals surface area (Å²) in [6.45, 7) is 1.93. The standard InChI is InChI=1S/C23H27ClN2O3/c1-12-2-7-16(11-18(12)24)25-21(27)13-5-8-17(9-6-13)26-22(28)19-14-3-4-15(10-14)20(19)23(26)29/h2,7,11,13-15,17,19-20H,3-6,8-10H2,1H3,(H,25,27)/t13?,14-,15+,17?,19-,20+. The molecule has 2 bridgehead atoms. The molecule has 0 spiro atoms. The van der Waals surface area contributed by atoms with Gasteiger partial charge in [-0.15, -0.1) is 0 Å². The highest BCUT2D eigenvalue weighted by Gasteiger charge is 2.61. The van der Waals surface area contributed by atoms with E-state index in [1.54, 1.807) is 11.0 Å². The molecule has 5 rings (SSSR count). The fraction of sp³-hybridized carbons (Fsp3) is 0.609. The van der Waals surface area contributed by atoms with Crippen LogP contribution in [0.5, 0.6) is 0 Å². The maximum Gasteiger partial charge on any atom is 0.233 e. The van der Waals surface area contributed by atoms with Crippen molar-refractivity contribution in [3.63, 3.8) is 0 Å². The van der Waals surface area contributed by atoms with Gasteiger partial charge in [0.25, 0.3) is 0 Å². The molecule has 1 aromatic rings. The summed E-state index contributed by atoms with van der Waals surface area (Å²) in [6.07, 6.45) is 6.13. The van der Waals surface area contributed by atoms with E-state index < -0.39 is 0 Å². The summed E-state index contributed by atoms with van der Waals surface area (Å²) in [5.41, 5.74) is 1.68.